The Morgan fingerprint density at radius 1 is 1.29 bits per heavy atom. The van der Waals surface area contributed by atoms with Crippen LogP contribution in [0.2, 0.25) is 6.04 Å². The number of rotatable bonds is 4. The van der Waals surface area contributed by atoms with Crippen LogP contribution in [0.15, 0.2) is 30.3 Å². The van der Waals surface area contributed by atoms with Gasteiger partial charge in [-0.15, -0.1) is 26.9 Å². The van der Waals surface area contributed by atoms with E-state index in [0.717, 1.165) is 5.50 Å². The van der Waals surface area contributed by atoms with E-state index in [1.165, 1.54) is 11.6 Å². The SMILES string of the molecule is CC(C)(C[SiH](Br)CCl)c1ccccc1. The van der Waals surface area contributed by atoms with E-state index >= 15 is 0 Å². The highest BCUT2D eigenvalue weighted by atomic mass is 79.9. The Balaban J connectivity index is 2.75. The molecule has 0 aromatic heterocycles. The van der Waals surface area contributed by atoms with E-state index in [9.17, 15) is 0 Å². The molecule has 14 heavy (non-hydrogen) atoms. The summed E-state index contributed by atoms with van der Waals surface area (Å²) < 4.78 is 0. The normalized spacial score (nSPS) is 14.0. The summed E-state index contributed by atoms with van der Waals surface area (Å²) in [6.07, 6.45) is 0. The largest absolute Gasteiger partial charge is 0.130 e. The minimum atomic E-state index is -0.898. The number of halogens is 2. The molecule has 0 fully saturated rings. The van der Waals surface area contributed by atoms with E-state index < -0.39 is 7.42 Å². The standard InChI is InChI=1S/C11H16BrClSi/c1-11(2,8-14(12)9-13)10-6-4-3-5-7-10/h3-7,14H,8-9H2,1-2H3. The van der Waals surface area contributed by atoms with Crippen molar-refractivity contribution >= 4 is 34.3 Å². The lowest BCUT2D eigenvalue weighted by atomic mass is 9.87. The minimum absolute atomic E-state index is 0.247. The Kier molecular flexibility index (Phi) is 4.68. The van der Waals surface area contributed by atoms with Crippen molar-refractivity contribution < 1.29 is 0 Å². The molecule has 1 unspecified atom stereocenters. The fraction of sp³-hybridized carbons (Fsp3) is 0.455. The first-order valence-electron chi connectivity index (χ1n) is 4.82. The number of hydrogen-bond acceptors (Lipinski definition) is 0. The molecule has 3 heteroatoms. The molecule has 1 aromatic rings. The third kappa shape index (κ3) is 3.41. The van der Waals surface area contributed by atoms with Crippen LogP contribution in [0.5, 0.6) is 0 Å². The maximum atomic E-state index is 5.86. The zero-order chi connectivity index (χ0) is 10.6. The van der Waals surface area contributed by atoms with E-state index in [0.29, 0.717) is 0 Å². The average molecular weight is 292 g/mol. The van der Waals surface area contributed by atoms with E-state index in [4.69, 9.17) is 11.6 Å². The molecule has 0 aliphatic carbocycles. The lowest BCUT2D eigenvalue weighted by Crippen LogP contribution is -2.24. The molecule has 0 radical (unpaired) electrons. The van der Waals surface area contributed by atoms with E-state index in [-0.39, 0.29) is 5.41 Å². The van der Waals surface area contributed by atoms with Gasteiger partial charge in [0.05, 0.1) is 0 Å². The van der Waals surface area contributed by atoms with Crippen molar-refractivity contribution in [3.63, 3.8) is 0 Å². The van der Waals surface area contributed by atoms with Gasteiger partial charge < -0.3 is 0 Å². The molecule has 0 N–H and O–H groups in total. The monoisotopic (exact) mass is 290 g/mol. The first kappa shape index (κ1) is 12.3. The Labute approximate surface area is 101 Å². The molecule has 0 nitrogen and oxygen atoms in total. The van der Waals surface area contributed by atoms with Crippen LogP contribution in [0.25, 0.3) is 0 Å². The maximum Gasteiger partial charge on any atom is 0.130 e. The molecule has 0 amide bonds. The van der Waals surface area contributed by atoms with Crippen LogP contribution in [-0.2, 0) is 5.41 Å². The Bertz CT molecular complexity index is 274. The summed E-state index contributed by atoms with van der Waals surface area (Å²) in [5.74, 6) is 0. The van der Waals surface area contributed by atoms with Gasteiger partial charge in [-0.1, -0.05) is 44.2 Å². The molecule has 0 heterocycles. The quantitative estimate of drug-likeness (QED) is 0.449. The summed E-state index contributed by atoms with van der Waals surface area (Å²) in [7, 11) is -0.898. The van der Waals surface area contributed by atoms with Gasteiger partial charge in [0.25, 0.3) is 0 Å². The summed E-state index contributed by atoms with van der Waals surface area (Å²) in [5, 5.41) is 0. The van der Waals surface area contributed by atoms with Crippen molar-refractivity contribution in [1.29, 1.82) is 0 Å². The molecule has 0 aliphatic heterocycles. The molecule has 0 bridgehead atoms. The summed E-state index contributed by atoms with van der Waals surface area (Å²) in [4.78, 5) is 0. The smallest absolute Gasteiger partial charge is 0.130 e. The van der Waals surface area contributed by atoms with Crippen LogP contribution in [0.3, 0.4) is 0 Å². The molecule has 0 saturated carbocycles. The highest BCUT2D eigenvalue weighted by molar-refractivity contribution is 9.24. The highest BCUT2D eigenvalue weighted by Gasteiger charge is 2.24. The molecule has 0 saturated heterocycles. The van der Waals surface area contributed by atoms with E-state index in [2.05, 4.69) is 59.5 Å². The third-order valence-corrected chi connectivity index (χ3v) is 8.43. The zero-order valence-corrected chi connectivity index (χ0v) is 12.1. The fourth-order valence-electron chi connectivity index (χ4n) is 1.62. The number of hydrogen-bond donors (Lipinski definition) is 0. The summed E-state index contributed by atoms with van der Waals surface area (Å²) in [5.41, 5.74) is 2.45. The zero-order valence-electron chi connectivity index (χ0n) is 8.63. The van der Waals surface area contributed by atoms with Crippen molar-refractivity contribution in [2.75, 3.05) is 5.50 Å². The number of alkyl halides is 1. The molecule has 1 rings (SSSR count). The first-order chi connectivity index (χ1) is 6.56. The molecule has 0 spiro atoms. The van der Waals surface area contributed by atoms with Crippen LogP contribution >= 0.6 is 26.9 Å². The average Bonchev–Trinajstić information content (AvgIpc) is 2.18. The van der Waals surface area contributed by atoms with Gasteiger partial charge in [-0.05, 0) is 17.0 Å². The molecule has 78 valence electrons. The van der Waals surface area contributed by atoms with Crippen molar-refractivity contribution in [3.8, 4) is 0 Å². The molecule has 0 aliphatic rings. The number of benzene rings is 1. The minimum Gasteiger partial charge on any atom is -0.130 e. The first-order valence-corrected chi connectivity index (χ1v) is 10.2. The van der Waals surface area contributed by atoms with Crippen LogP contribution in [-0.4, -0.2) is 12.9 Å². The Morgan fingerprint density at radius 2 is 1.86 bits per heavy atom. The predicted molar refractivity (Wildman–Crippen MR) is 71.1 cm³/mol. The highest BCUT2D eigenvalue weighted by Crippen LogP contribution is 2.30. The van der Waals surface area contributed by atoms with Crippen LogP contribution in [0.4, 0.5) is 0 Å². The topological polar surface area (TPSA) is 0 Å². The van der Waals surface area contributed by atoms with Gasteiger partial charge in [-0.2, -0.15) is 0 Å². The molecule has 1 aromatic carbocycles. The van der Waals surface area contributed by atoms with Gasteiger partial charge in [0.15, 0.2) is 0 Å². The second kappa shape index (κ2) is 5.33. The van der Waals surface area contributed by atoms with Crippen molar-refractivity contribution in [2.24, 2.45) is 0 Å². The summed E-state index contributed by atoms with van der Waals surface area (Å²) in [6.45, 7) is 4.58. The lowest BCUT2D eigenvalue weighted by molar-refractivity contribution is 0.586. The predicted octanol–water partition coefficient (Wildman–Crippen LogP) is 3.86. The maximum absolute atomic E-state index is 5.86. The van der Waals surface area contributed by atoms with Crippen molar-refractivity contribution in [1.82, 2.24) is 0 Å². The van der Waals surface area contributed by atoms with Gasteiger partial charge in [-0.3, -0.25) is 0 Å². The van der Waals surface area contributed by atoms with Gasteiger partial charge in [0, 0.05) is 5.50 Å². The Hall–Kier alpha value is 0.207. The van der Waals surface area contributed by atoms with Gasteiger partial charge >= 0.3 is 0 Å². The van der Waals surface area contributed by atoms with Crippen LogP contribution in [0.1, 0.15) is 19.4 Å². The molecule has 1 atom stereocenters. The Morgan fingerprint density at radius 3 is 2.36 bits per heavy atom. The van der Waals surface area contributed by atoms with Gasteiger partial charge in [-0.25, -0.2) is 0 Å². The van der Waals surface area contributed by atoms with Crippen molar-refractivity contribution in [2.45, 2.75) is 25.3 Å². The molecular weight excluding hydrogens is 276 g/mol. The second-order valence-electron chi connectivity index (χ2n) is 4.21. The summed E-state index contributed by atoms with van der Waals surface area (Å²) in [6, 6.07) is 11.8. The lowest BCUT2D eigenvalue weighted by Gasteiger charge is -2.26. The van der Waals surface area contributed by atoms with E-state index in [1.807, 2.05) is 0 Å². The van der Waals surface area contributed by atoms with E-state index in [1.54, 1.807) is 0 Å². The second-order valence-corrected chi connectivity index (χ2v) is 10.9. The fourth-order valence-corrected chi connectivity index (χ4v) is 5.82. The van der Waals surface area contributed by atoms with Gasteiger partial charge in [0.1, 0.15) is 7.42 Å². The van der Waals surface area contributed by atoms with Gasteiger partial charge in [0.2, 0.25) is 0 Å². The molecular formula is C11H16BrClSi. The van der Waals surface area contributed by atoms with Crippen LogP contribution in [0, 0.1) is 0 Å². The third-order valence-electron chi connectivity index (χ3n) is 2.45. The summed E-state index contributed by atoms with van der Waals surface area (Å²) >= 11 is 9.58. The van der Waals surface area contributed by atoms with Crippen LogP contribution < -0.4 is 0 Å². The van der Waals surface area contributed by atoms with Crippen molar-refractivity contribution in [3.05, 3.63) is 35.9 Å².